The molecule has 4 heteroatoms. The smallest absolute Gasteiger partial charge is 0.303 e. The normalized spacial score (nSPS) is 27.5. The molecule has 1 saturated heterocycles. The number of nitrogens with zero attached hydrogens (tertiary/aromatic N) is 1. The molecule has 1 heterocycles. The molecule has 0 aromatic heterocycles. The highest BCUT2D eigenvalue weighted by atomic mass is 19.1. The van der Waals surface area contributed by atoms with Gasteiger partial charge in [0, 0.05) is 12.5 Å². The summed E-state index contributed by atoms with van der Waals surface area (Å²) in [5.41, 5.74) is 0. The lowest BCUT2D eigenvalue weighted by Crippen LogP contribution is -2.27. The maximum Gasteiger partial charge on any atom is 0.303 e. The van der Waals surface area contributed by atoms with Gasteiger partial charge in [-0.25, -0.2) is 4.39 Å². The summed E-state index contributed by atoms with van der Waals surface area (Å²) in [6, 6.07) is 0. The largest absolute Gasteiger partial charge is 0.481 e. The van der Waals surface area contributed by atoms with E-state index in [9.17, 15) is 9.18 Å². The number of hydrogen-bond acceptors (Lipinski definition) is 2. The van der Waals surface area contributed by atoms with Gasteiger partial charge in [-0.15, -0.1) is 0 Å². The van der Waals surface area contributed by atoms with E-state index in [1.165, 1.54) is 6.92 Å². The van der Waals surface area contributed by atoms with Crippen LogP contribution < -0.4 is 0 Å². The Morgan fingerprint density at radius 2 is 2.36 bits per heavy atom. The summed E-state index contributed by atoms with van der Waals surface area (Å²) in [5.74, 6) is -1.01. The predicted molar refractivity (Wildman–Crippen MR) is 51.9 cm³/mol. The summed E-state index contributed by atoms with van der Waals surface area (Å²) in [4.78, 5) is 12.7. The number of carboxylic acids is 1. The quantitative estimate of drug-likeness (QED) is 0.750. The van der Waals surface area contributed by atoms with Crippen LogP contribution in [0.25, 0.3) is 0 Å². The van der Waals surface area contributed by atoms with E-state index in [0.717, 1.165) is 19.5 Å². The van der Waals surface area contributed by atoms with Crippen molar-refractivity contribution in [3.05, 3.63) is 0 Å². The van der Waals surface area contributed by atoms with Crippen molar-refractivity contribution in [2.45, 2.75) is 25.9 Å². The Morgan fingerprint density at radius 3 is 2.71 bits per heavy atom. The number of carboxylic acid groups (broad SMARTS) is 1. The molecular formula is C10H18FNO2. The van der Waals surface area contributed by atoms with Crippen LogP contribution in [0.5, 0.6) is 0 Å². The van der Waals surface area contributed by atoms with Gasteiger partial charge in [0.05, 0.1) is 6.42 Å². The second-order valence-electron chi connectivity index (χ2n) is 4.25. The molecule has 0 saturated carbocycles. The van der Waals surface area contributed by atoms with Gasteiger partial charge in [0.2, 0.25) is 0 Å². The molecule has 1 rings (SSSR count). The molecule has 0 aromatic carbocycles. The van der Waals surface area contributed by atoms with Crippen LogP contribution in [0.1, 0.15) is 19.8 Å². The fraction of sp³-hybridized carbons (Fsp3) is 0.900. The zero-order chi connectivity index (χ0) is 10.7. The van der Waals surface area contributed by atoms with Crippen LogP contribution in [-0.4, -0.2) is 42.3 Å². The average molecular weight is 203 g/mol. The first-order chi connectivity index (χ1) is 6.50. The van der Waals surface area contributed by atoms with E-state index >= 15 is 0 Å². The van der Waals surface area contributed by atoms with Gasteiger partial charge in [-0.2, -0.15) is 0 Å². The maximum absolute atomic E-state index is 13.2. The van der Waals surface area contributed by atoms with Crippen molar-refractivity contribution >= 4 is 5.97 Å². The Bertz CT molecular complexity index is 208. The van der Waals surface area contributed by atoms with E-state index in [1.54, 1.807) is 0 Å². The fourth-order valence-electron chi connectivity index (χ4n) is 2.22. The number of hydrogen-bond donors (Lipinski definition) is 1. The molecule has 3 unspecified atom stereocenters. The lowest BCUT2D eigenvalue weighted by molar-refractivity contribution is -0.139. The number of rotatable bonds is 4. The van der Waals surface area contributed by atoms with Crippen LogP contribution in [-0.2, 0) is 4.79 Å². The molecule has 0 amide bonds. The van der Waals surface area contributed by atoms with E-state index in [-0.39, 0.29) is 18.3 Å². The first-order valence-electron chi connectivity index (χ1n) is 5.05. The van der Waals surface area contributed by atoms with Gasteiger partial charge in [0.1, 0.15) is 6.17 Å². The molecule has 3 nitrogen and oxygen atoms in total. The molecule has 1 aliphatic heterocycles. The Morgan fingerprint density at radius 1 is 1.71 bits per heavy atom. The van der Waals surface area contributed by atoms with Crippen LogP contribution in [0.3, 0.4) is 0 Å². The van der Waals surface area contributed by atoms with Gasteiger partial charge in [-0.05, 0) is 32.9 Å². The van der Waals surface area contributed by atoms with Gasteiger partial charge in [0.15, 0.2) is 0 Å². The number of carbonyl (C=O) groups is 1. The lowest BCUT2D eigenvalue weighted by atomic mass is 9.85. The molecule has 3 atom stereocenters. The number of aliphatic carboxylic acids is 1. The average Bonchev–Trinajstić information content (AvgIpc) is 2.46. The van der Waals surface area contributed by atoms with Crippen LogP contribution in [0, 0.1) is 11.8 Å². The zero-order valence-corrected chi connectivity index (χ0v) is 8.74. The van der Waals surface area contributed by atoms with Crippen molar-refractivity contribution in [3.63, 3.8) is 0 Å². The Balaban J connectivity index is 2.54. The molecule has 82 valence electrons. The van der Waals surface area contributed by atoms with Gasteiger partial charge >= 0.3 is 5.97 Å². The molecule has 0 bridgehead atoms. The van der Waals surface area contributed by atoms with Crippen LogP contribution in [0.15, 0.2) is 0 Å². The van der Waals surface area contributed by atoms with Gasteiger partial charge in [0.25, 0.3) is 0 Å². The maximum atomic E-state index is 13.2. The summed E-state index contributed by atoms with van der Waals surface area (Å²) in [5, 5.41) is 8.68. The minimum Gasteiger partial charge on any atom is -0.481 e. The lowest BCUT2D eigenvalue weighted by Gasteiger charge is -2.23. The molecule has 1 N–H and O–H groups in total. The summed E-state index contributed by atoms with van der Waals surface area (Å²) in [6.07, 6.45) is -0.151. The molecule has 1 aliphatic rings. The van der Waals surface area contributed by atoms with E-state index < -0.39 is 12.1 Å². The first kappa shape index (κ1) is 11.4. The third kappa shape index (κ3) is 2.94. The molecular weight excluding hydrogens is 185 g/mol. The minimum atomic E-state index is -1.03. The van der Waals surface area contributed by atoms with Crippen molar-refractivity contribution < 1.29 is 14.3 Å². The van der Waals surface area contributed by atoms with E-state index in [2.05, 4.69) is 4.90 Å². The highest BCUT2D eigenvalue weighted by Gasteiger charge is 2.32. The van der Waals surface area contributed by atoms with Crippen molar-refractivity contribution in [2.75, 3.05) is 20.1 Å². The number of halogens is 1. The molecule has 0 radical (unpaired) electrons. The summed E-state index contributed by atoms with van der Waals surface area (Å²) in [7, 11) is 1.99. The predicted octanol–water partition coefficient (Wildman–Crippen LogP) is 1.39. The molecule has 1 fully saturated rings. The van der Waals surface area contributed by atoms with Crippen molar-refractivity contribution in [3.8, 4) is 0 Å². The molecule has 0 spiro atoms. The fourth-order valence-corrected chi connectivity index (χ4v) is 2.22. The van der Waals surface area contributed by atoms with Gasteiger partial charge in [-0.1, -0.05) is 0 Å². The number of likely N-dealkylation sites (tertiary alicyclic amines) is 1. The number of alkyl halides is 1. The SMILES string of the molecule is CC(F)C(CC(=O)O)C1CCN(C)C1. The summed E-state index contributed by atoms with van der Waals surface area (Å²) in [6.45, 7) is 3.24. The van der Waals surface area contributed by atoms with Crippen molar-refractivity contribution in [1.82, 2.24) is 4.90 Å². The summed E-state index contributed by atoms with van der Waals surface area (Å²) >= 11 is 0. The topological polar surface area (TPSA) is 40.5 Å². The Kier molecular flexibility index (Phi) is 3.86. The van der Waals surface area contributed by atoms with Crippen molar-refractivity contribution in [2.24, 2.45) is 11.8 Å². The standard InChI is InChI=1S/C10H18FNO2/c1-7(11)9(5-10(13)14)8-3-4-12(2)6-8/h7-9H,3-6H2,1-2H3,(H,13,14). The van der Waals surface area contributed by atoms with E-state index in [0.29, 0.717) is 0 Å². The van der Waals surface area contributed by atoms with Crippen molar-refractivity contribution in [1.29, 1.82) is 0 Å². The molecule has 0 aromatic rings. The third-order valence-electron chi connectivity index (χ3n) is 3.03. The first-order valence-corrected chi connectivity index (χ1v) is 5.05. The van der Waals surface area contributed by atoms with Crippen LogP contribution in [0.2, 0.25) is 0 Å². The third-order valence-corrected chi connectivity index (χ3v) is 3.03. The van der Waals surface area contributed by atoms with Crippen LogP contribution >= 0.6 is 0 Å². The van der Waals surface area contributed by atoms with E-state index in [1.807, 2.05) is 7.05 Å². The highest BCUT2D eigenvalue weighted by molar-refractivity contribution is 5.67. The van der Waals surface area contributed by atoms with Crippen LogP contribution in [0.4, 0.5) is 4.39 Å². The monoisotopic (exact) mass is 203 g/mol. The molecule has 0 aliphatic carbocycles. The Hall–Kier alpha value is -0.640. The highest BCUT2D eigenvalue weighted by Crippen LogP contribution is 2.29. The van der Waals surface area contributed by atoms with Gasteiger partial charge < -0.3 is 10.0 Å². The molecule has 14 heavy (non-hydrogen) atoms. The van der Waals surface area contributed by atoms with E-state index in [4.69, 9.17) is 5.11 Å². The zero-order valence-electron chi connectivity index (χ0n) is 8.74. The summed E-state index contributed by atoms with van der Waals surface area (Å²) < 4.78 is 13.2. The second-order valence-corrected chi connectivity index (χ2v) is 4.25. The second kappa shape index (κ2) is 4.73. The van der Waals surface area contributed by atoms with Gasteiger partial charge in [-0.3, -0.25) is 4.79 Å². The minimum absolute atomic E-state index is 0.0455. The Labute approximate surface area is 83.9 Å².